The van der Waals surface area contributed by atoms with Crippen molar-refractivity contribution in [3.05, 3.63) is 29.8 Å². The smallest absolute Gasteiger partial charge is 0.407 e. The van der Waals surface area contributed by atoms with E-state index in [9.17, 15) is 13.2 Å². The Morgan fingerprint density at radius 1 is 1.30 bits per heavy atom. The van der Waals surface area contributed by atoms with Gasteiger partial charge in [-0.25, -0.2) is 13.2 Å². The molecule has 0 heterocycles. The molecule has 23 heavy (non-hydrogen) atoms. The second-order valence-corrected chi connectivity index (χ2v) is 9.31. The van der Waals surface area contributed by atoms with Crippen LogP contribution in [-0.2, 0) is 14.6 Å². The number of nitrogens with one attached hydrogen (secondary N) is 1. The molecule has 6 heteroatoms. The third-order valence-electron chi connectivity index (χ3n) is 3.76. The van der Waals surface area contributed by atoms with E-state index in [1.807, 2.05) is 33.8 Å². The van der Waals surface area contributed by atoms with E-state index >= 15 is 0 Å². The Kier molecular flexibility index (Phi) is 5.04. The number of alkyl carbamates (subject to hydrolysis) is 1. The molecule has 1 saturated carbocycles. The van der Waals surface area contributed by atoms with Crippen LogP contribution in [0.1, 0.15) is 39.2 Å². The second-order valence-electron chi connectivity index (χ2n) is 7.28. The summed E-state index contributed by atoms with van der Waals surface area (Å²) < 4.78 is 30.0. The number of carbonyl (C=O) groups is 1. The molecule has 0 atom stereocenters. The molecular formula is C17H25NO4S. The molecule has 0 aliphatic heterocycles. The molecule has 0 spiro atoms. The number of hydrogen-bond acceptors (Lipinski definition) is 4. The maximum Gasteiger partial charge on any atom is 0.407 e. The van der Waals surface area contributed by atoms with Gasteiger partial charge in [0.1, 0.15) is 5.60 Å². The van der Waals surface area contributed by atoms with Crippen molar-refractivity contribution in [1.82, 2.24) is 5.32 Å². The Bertz CT molecular complexity index is 670. The fourth-order valence-corrected chi connectivity index (χ4v) is 4.42. The molecule has 5 nitrogen and oxygen atoms in total. The van der Waals surface area contributed by atoms with Crippen LogP contribution in [-0.4, -0.2) is 31.9 Å². The highest BCUT2D eigenvalue weighted by Crippen LogP contribution is 2.31. The van der Waals surface area contributed by atoms with E-state index in [4.69, 9.17) is 4.74 Å². The van der Waals surface area contributed by atoms with Crippen LogP contribution < -0.4 is 5.32 Å². The predicted molar refractivity (Wildman–Crippen MR) is 89.1 cm³/mol. The molecule has 1 aromatic rings. The molecule has 1 aliphatic rings. The van der Waals surface area contributed by atoms with Crippen molar-refractivity contribution in [2.24, 2.45) is 5.92 Å². The van der Waals surface area contributed by atoms with Crippen LogP contribution in [0.4, 0.5) is 4.79 Å². The molecule has 128 valence electrons. The highest BCUT2D eigenvalue weighted by atomic mass is 32.2. The first-order valence-corrected chi connectivity index (χ1v) is 9.49. The molecule has 1 aliphatic carbocycles. The summed E-state index contributed by atoms with van der Waals surface area (Å²) in [6.07, 6.45) is 0.900. The monoisotopic (exact) mass is 339 g/mol. The number of sulfone groups is 1. The molecule has 1 fully saturated rings. The van der Waals surface area contributed by atoms with Gasteiger partial charge in [-0.15, -0.1) is 0 Å². The first kappa shape index (κ1) is 17.8. The lowest BCUT2D eigenvalue weighted by atomic mass is 9.82. The summed E-state index contributed by atoms with van der Waals surface area (Å²) in [4.78, 5) is 12.0. The van der Waals surface area contributed by atoms with Gasteiger partial charge in [0.25, 0.3) is 0 Å². The lowest BCUT2D eigenvalue weighted by Crippen LogP contribution is -2.47. The second kappa shape index (κ2) is 6.51. The van der Waals surface area contributed by atoms with E-state index in [1.54, 1.807) is 18.2 Å². The summed E-state index contributed by atoms with van der Waals surface area (Å²) in [5, 5.41) is 2.78. The Morgan fingerprint density at radius 2 is 1.96 bits per heavy atom. The number of ether oxygens (including phenoxy) is 1. The van der Waals surface area contributed by atoms with E-state index in [0.717, 1.165) is 5.56 Å². The van der Waals surface area contributed by atoms with Gasteiger partial charge in [-0.3, -0.25) is 0 Å². The normalized spacial score (nSPS) is 21.4. The maximum absolute atomic E-state index is 12.4. The van der Waals surface area contributed by atoms with Crippen molar-refractivity contribution >= 4 is 15.9 Å². The van der Waals surface area contributed by atoms with E-state index in [1.165, 1.54) is 0 Å². The molecule has 0 unspecified atom stereocenters. The third-order valence-corrected chi connectivity index (χ3v) is 5.64. The molecule has 0 radical (unpaired) electrons. The molecule has 0 saturated heterocycles. The molecule has 1 N–H and O–H groups in total. The largest absolute Gasteiger partial charge is 0.444 e. The highest BCUT2D eigenvalue weighted by molar-refractivity contribution is 7.91. The highest BCUT2D eigenvalue weighted by Gasteiger charge is 2.35. The van der Waals surface area contributed by atoms with Crippen LogP contribution in [0.15, 0.2) is 29.2 Å². The number of amides is 1. The molecule has 1 aromatic carbocycles. The van der Waals surface area contributed by atoms with Crippen molar-refractivity contribution in [2.75, 3.05) is 5.75 Å². The van der Waals surface area contributed by atoms with Gasteiger partial charge in [-0.1, -0.05) is 12.1 Å². The van der Waals surface area contributed by atoms with E-state index in [-0.39, 0.29) is 17.7 Å². The first-order chi connectivity index (χ1) is 10.5. The minimum atomic E-state index is -3.27. The van der Waals surface area contributed by atoms with Crippen LogP contribution in [0.25, 0.3) is 0 Å². The summed E-state index contributed by atoms with van der Waals surface area (Å²) in [6, 6.07) is 6.98. The maximum atomic E-state index is 12.4. The molecular weight excluding hydrogens is 314 g/mol. The minimum Gasteiger partial charge on any atom is -0.444 e. The zero-order valence-corrected chi connectivity index (χ0v) is 14.9. The van der Waals surface area contributed by atoms with Crippen molar-refractivity contribution in [2.45, 2.75) is 57.1 Å². The van der Waals surface area contributed by atoms with Gasteiger partial charge in [0.15, 0.2) is 9.84 Å². The Labute approximate surface area is 138 Å². The third kappa shape index (κ3) is 5.23. The fraction of sp³-hybridized carbons (Fsp3) is 0.588. The van der Waals surface area contributed by atoms with Gasteiger partial charge in [0.2, 0.25) is 0 Å². The SMILES string of the molecule is Cc1cccc(S(=O)(=O)CC2CC(NC(=O)OC(C)(C)C)C2)c1. The van der Waals surface area contributed by atoms with Gasteiger partial charge in [0.05, 0.1) is 10.6 Å². The quantitative estimate of drug-likeness (QED) is 0.915. The van der Waals surface area contributed by atoms with Gasteiger partial charge in [-0.2, -0.15) is 0 Å². The van der Waals surface area contributed by atoms with Crippen LogP contribution >= 0.6 is 0 Å². The zero-order valence-electron chi connectivity index (χ0n) is 14.1. The first-order valence-electron chi connectivity index (χ1n) is 7.84. The topological polar surface area (TPSA) is 72.5 Å². The van der Waals surface area contributed by atoms with Crippen molar-refractivity contribution in [1.29, 1.82) is 0 Å². The van der Waals surface area contributed by atoms with Crippen LogP contribution in [0.3, 0.4) is 0 Å². The van der Waals surface area contributed by atoms with Crippen molar-refractivity contribution in [3.8, 4) is 0 Å². The number of hydrogen-bond donors (Lipinski definition) is 1. The van der Waals surface area contributed by atoms with E-state index in [0.29, 0.717) is 17.7 Å². The van der Waals surface area contributed by atoms with Gasteiger partial charge in [-0.05, 0) is 64.2 Å². The number of benzene rings is 1. The molecule has 2 rings (SSSR count). The van der Waals surface area contributed by atoms with Crippen LogP contribution in [0, 0.1) is 12.8 Å². The average molecular weight is 339 g/mol. The Hall–Kier alpha value is -1.56. The molecule has 0 aromatic heterocycles. The summed E-state index contributed by atoms with van der Waals surface area (Å²) in [5.41, 5.74) is 0.408. The molecule has 1 amide bonds. The number of aryl methyl sites for hydroxylation is 1. The van der Waals surface area contributed by atoms with Gasteiger partial charge >= 0.3 is 6.09 Å². The lowest BCUT2D eigenvalue weighted by molar-refractivity contribution is 0.0459. The zero-order chi connectivity index (χ0) is 17.3. The molecule has 0 bridgehead atoms. The summed E-state index contributed by atoms with van der Waals surface area (Å²) in [6.45, 7) is 7.31. The number of rotatable bonds is 4. The van der Waals surface area contributed by atoms with Crippen LogP contribution in [0.5, 0.6) is 0 Å². The van der Waals surface area contributed by atoms with Crippen molar-refractivity contribution < 1.29 is 17.9 Å². The van der Waals surface area contributed by atoms with Crippen LogP contribution in [0.2, 0.25) is 0 Å². The summed E-state index contributed by atoms with van der Waals surface area (Å²) >= 11 is 0. The minimum absolute atomic E-state index is 0.00237. The van der Waals surface area contributed by atoms with Crippen molar-refractivity contribution in [3.63, 3.8) is 0 Å². The predicted octanol–water partition coefficient (Wildman–Crippen LogP) is 3.07. The number of carbonyl (C=O) groups excluding carboxylic acids is 1. The summed E-state index contributed by atoms with van der Waals surface area (Å²) in [7, 11) is -3.27. The fourth-order valence-electron chi connectivity index (χ4n) is 2.68. The van der Waals surface area contributed by atoms with E-state index in [2.05, 4.69) is 5.32 Å². The summed E-state index contributed by atoms with van der Waals surface area (Å²) in [5.74, 6) is 0.212. The van der Waals surface area contributed by atoms with E-state index < -0.39 is 21.5 Å². The Balaban J connectivity index is 1.83. The Morgan fingerprint density at radius 3 is 2.52 bits per heavy atom. The van der Waals surface area contributed by atoms with Gasteiger partial charge in [0, 0.05) is 6.04 Å². The average Bonchev–Trinajstić information content (AvgIpc) is 2.33. The standard InChI is InChI=1S/C17H25NO4S/c1-12-6-5-7-15(8-12)23(20,21)11-13-9-14(10-13)18-16(19)22-17(2,3)4/h5-8,13-14H,9-11H2,1-4H3,(H,18,19). The lowest BCUT2D eigenvalue weighted by Gasteiger charge is -2.36. The van der Waals surface area contributed by atoms with Gasteiger partial charge < -0.3 is 10.1 Å².